The third-order valence-corrected chi connectivity index (χ3v) is 4.28. The van der Waals surface area contributed by atoms with Crippen LogP contribution in [0.25, 0.3) is 10.2 Å². The van der Waals surface area contributed by atoms with Gasteiger partial charge in [0.05, 0.1) is 11.6 Å². The summed E-state index contributed by atoms with van der Waals surface area (Å²) in [5.41, 5.74) is 0. The van der Waals surface area contributed by atoms with E-state index in [0.717, 1.165) is 28.2 Å². The largest absolute Gasteiger partial charge is 0.444 e. The molecule has 0 saturated heterocycles. The van der Waals surface area contributed by atoms with Crippen molar-refractivity contribution < 1.29 is 4.42 Å². The first kappa shape index (κ1) is 13.1. The molecular formula is C14H16N4OS. The number of rotatable bonds is 4. The van der Waals surface area contributed by atoms with E-state index in [1.807, 2.05) is 13.8 Å². The molecule has 0 radical (unpaired) electrons. The first-order valence-electron chi connectivity index (χ1n) is 6.59. The fourth-order valence-electron chi connectivity index (χ4n) is 2.03. The summed E-state index contributed by atoms with van der Waals surface area (Å²) in [4.78, 5) is 15.2. The second-order valence-electron chi connectivity index (χ2n) is 4.68. The van der Waals surface area contributed by atoms with Crippen LogP contribution in [0, 0.1) is 6.92 Å². The number of hydrogen-bond acceptors (Lipinski definition) is 6. The van der Waals surface area contributed by atoms with Crippen molar-refractivity contribution in [3.05, 3.63) is 35.1 Å². The number of fused-ring (bicyclic) bond motifs is 1. The molecule has 0 saturated carbocycles. The maximum absolute atomic E-state index is 5.54. The van der Waals surface area contributed by atoms with E-state index in [1.165, 1.54) is 4.88 Å². The van der Waals surface area contributed by atoms with Crippen molar-refractivity contribution in [2.24, 2.45) is 0 Å². The van der Waals surface area contributed by atoms with Gasteiger partial charge in [-0.3, -0.25) is 0 Å². The van der Waals surface area contributed by atoms with Gasteiger partial charge in [0.15, 0.2) is 0 Å². The van der Waals surface area contributed by atoms with E-state index < -0.39 is 0 Å². The Morgan fingerprint density at radius 3 is 2.90 bits per heavy atom. The van der Waals surface area contributed by atoms with Crippen molar-refractivity contribution in [2.45, 2.75) is 33.2 Å². The molecule has 1 N–H and O–H groups in total. The monoisotopic (exact) mass is 288 g/mol. The Balaban J connectivity index is 1.92. The number of aryl methyl sites for hydroxylation is 2. The highest BCUT2D eigenvalue weighted by molar-refractivity contribution is 7.18. The van der Waals surface area contributed by atoms with Crippen LogP contribution in [0.4, 0.5) is 5.82 Å². The minimum atomic E-state index is -0.0354. The van der Waals surface area contributed by atoms with Gasteiger partial charge in [-0.15, -0.1) is 11.3 Å². The average Bonchev–Trinajstić information content (AvgIpc) is 3.05. The SMILES string of the molecule is CCc1cc2c(N[C@@H](C)c3ncc(C)o3)ncnc2s1. The number of oxazole rings is 1. The van der Waals surface area contributed by atoms with Crippen molar-refractivity contribution in [1.29, 1.82) is 0 Å². The van der Waals surface area contributed by atoms with Crippen molar-refractivity contribution in [3.8, 4) is 0 Å². The first-order chi connectivity index (χ1) is 9.67. The zero-order valence-electron chi connectivity index (χ0n) is 11.7. The van der Waals surface area contributed by atoms with Crippen LogP contribution in [0.1, 0.15) is 36.4 Å². The van der Waals surface area contributed by atoms with Gasteiger partial charge in [-0.25, -0.2) is 15.0 Å². The molecule has 0 bridgehead atoms. The van der Waals surface area contributed by atoms with Gasteiger partial charge in [0.25, 0.3) is 0 Å². The molecule has 6 heteroatoms. The third-order valence-electron chi connectivity index (χ3n) is 3.09. The molecule has 5 nitrogen and oxygen atoms in total. The fraction of sp³-hybridized carbons (Fsp3) is 0.357. The lowest BCUT2D eigenvalue weighted by Gasteiger charge is -2.11. The summed E-state index contributed by atoms with van der Waals surface area (Å²) in [6.45, 7) is 6.04. The van der Waals surface area contributed by atoms with Crippen molar-refractivity contribution >= 4 is 27.4 Å². The summed E-state index contributed by atoms with van der Waals surface area (Å²) >= 11 is 1.71. The quantitative estimate of drug-likeness (QED) is 0.792. The normalized spacial score (nSPS) is 12.8. The Kier molecular flexibility index (Phi) is 3.40. The van der Waals surface area contributed by atoms with Crippen LogP contribution in [-0.4, -0.2) is 15.0 Å². The van der Waals surface area contributed by atoms with Gasteiger partial charge in [0, 0.05) is 4.88 Å². The second kappa shape index (κ2) is 5.20. The number of anilines is 1. The van der Waals surface area contributed by atoms with Gasteiger partial charge in [-0.1, -0.05) is 6.92 Å². The zero-order chi connectivity index (χ0) is 14.1. The van der Waals surface area contributed by atoms with E-state index in [4.69, 9.17) is 4.42 Å². The second-order valence-corrected chi connectivity index (χ2v) is 5.80. The number of nitrogens with zero attached hydrogens (tertiary/aromatic N) is 3. The predicted octanol–water partition coefficient (Wildman–Crippen LogP) is 3.72. The molecule has 0 aliphatic rings. The lowest BCUT2D eigenvalue weighted by Crippen LogP contribution is -2.08. The van der Waals surface area contributed by atoms with Crippen LogP contribution in [-0.2, 0) is 6.42 Å². The fourth-order valence-corrected chi connectivity index (χ4v) is 2.97. The number of nitrogens with one attached hydrogen (secondary N) is 1. The molecule has 3 heterocycles. The molecule has 104 valence electrons. The van der Waals surface area contributed by atoms with Crippen molar-refractivity contribution in [1.82, 2.24) is 15.0 Å². The minimum absolute atomic E-state index is 0.0354. The summed E-state index contributed by atoms with van der Waals surface area (Å²) in [7, 11) is 0. The Morgan fingerprint density at radius 2 is 2.20 bits per heavy atom. The predicted molar refractivity (Wildman–Crippen MR) is 80.1 cm³/mol. The minimum Gasteiger partial charge on any atom is -0.444 e. The molecule has 0 aliphatic carbocycles. The molecule has 0 spiro atoms. The molecule has 0 amide bonds. The molecule has 3 aromatic heterocycles. The van der Waals surface area contributed by atoms with Crippen LogP contribution >= 0.6 is 11.3 Å². The molecule has 0 aliphatic heterocycles. The Hall–Kier alpha value is -1.95. The highest BCUT2D eigenvalue weighted by Crippen LogP contribution is 2.30. The number of hydrogen-bond donors (Lipinski definition) is 1. The van der Waals surface area contributed by atoms with E-state index in [0.29, 0.717) is 5.89 Å². The average molecular weight is 288 g/mol. The highest BCUT2D eigenvalue weighted by atomic mass is 32.1. The molecule has 0 unspecified atom stereocenters. The smallest absolute Gasteiger partial charge is 0.216 e. The van der Waals surface area contributed by atoms with E-state index in [1.54, 1.807) is 23.9 Å². The first-order valence-corrected chi connectivity index (χ1v) is 7.41. The van der Waals surface area contributed by atoms with Gasteiger partial charge in [-0.05, 0) is 26.3 Å². The van der Waals surface area contributed by atoms with E-state index in [-0.39, 0.29) is 6.04 Å². The maximum atomic E-state index is 5.54. The third kappa shape index (κ3) is 2.38. The molecule has 3 rings (SSSR count). The summed E-state index contributed by atoms with van der Waals surface area (Å²) in [5, 5.41) is 4.41. The molecule has 0 fully saturated rings. The Bertz CT molecular complexity index is 734. The van der Waals surface area contributed by atoms with Crippen LogP contribution < -0.4 is 5.32 Å². The summed E-state index contributed by atoms with van der Waals surface area (Å²) < 4.78 is 5.54. The number of aromatic nitrogens is 3. The van der Waals surface area contributed by atoms with E-state index in [9.17, 15) is 0 Å². The zero-order valence-corrected chi connectivity index (χ0v) is 12.5. The van der Waals surface area contributed by atoms with Crippen molar-refractivity contribution in [3.63, 3.8) is 0 Å². The van der Waals surface area contributed by atoms with Gasteiger partial charge >= 0.3 is 0 Å². The Labute approximate surface area is 121 Å². The van der Waals surface area contributed by atoms with Gasteiger partial charge < -0.3 is 9.73 Å². The molecule has 0 aromatic carbocycles. The van der Waals surface area contributed by atoms with Gasteiger partial charge in [-0.2, -0.15) is 0 Å². The van der Waals surface area contributed by atoms with Crippen LogP contribution in [0.2, 0.25) is 0 Å². The lowest BCUT2D eigenvalue weighted by molar-refractivity contribution is 0.453. The van der Waals surface area contributed by atoms with Crippen LogP contribution in [0.15, 0.2) is 23.0 Å². The summed E-state index contributed by atoms with van der Waals surface area (Å²) in [6, 6.07) is 2.11. The van der Waals surface area contributed by atoms with E-state index >= 15 is 0 Å². The topological polar surface area (TPSA) is 63.8 Å². The van der Waals surface area contributed by atoms with Crippen molar-refractivity contribution in [2.75, 3.05) is 5.32 Å². The van der Waals surface area contributed by atoms with E-state index in [2.05, 4.69) is 33.3 Å². The van der Waals surface area contributed by atoms with Crippen LogP contribution in [0.5, 0.6) is 0 Å². The molecule has 3 aromatic rings. The summed E-state index contributed by atoms with van der Waals surface area (Å²) in [6.07, 6.45) is 4.33. The summed E-state index contributed by atoms with van der Waals surface area (Å²) in [5.74, 6) is 2.31. The standard InChI is InChI=1S/C14H16N4OS/c1-4-10-5-11-12(16-7-17-14(11)20-10)18-9(3)13-15-6-8(2)19-13/h5-7,9H,4H2,1-3H3,(H,16,17,18)/t9-/m0/s1. The lowest BCUT2D eigenvalue weighted by atomic mass is 10.3. The number of thiophene rings is 1. The maximum Gasteiger partial charge on any atom is 0.216 e. The van der Waals surface area contributed by atoms with Crippen LogP contribution in [0.3, 0.4) is 0 Å². The molecule has 1 atom stereocenters. The highest BCUT2D eigenvalue weighted by Gasteiger charge is 2.14. The van der Waals surface area contributed by atoms with Gasteiger partial charge in [0.1, 0.15) is 28.8 Å². The Morgan fingerprint density at radius 1 is 1.35 bits per heavy atom. The van der Waals surface area contributed by atoms with Gasteiger partial charge in [0.2, 0.25) is 5.89 Å². The molecule has 20 heavy (non-hydrogen) atoms. The molecular weight excluding hydrogens is 272 g/mol.